The van der Waals surface area contributed by atoms with Gasteiger partial charge >= 0.3 is 6.03 Å². The van der Waals surface area contributed by atoms with E-state index in [1.165, 1.54) is 18.4 Å². The van der Waals surface area contributed by atoms with E-state index in [2.05, 4.69) is 27.5 Å². The van der Waals surface area contributed by atoms with E-state index in [1.807, 2.05) is 31.2 Å². The predicted octanol–water partition coefficient (Wildman–Crippen LogP) is 4.78. The van der Waals surface area contributed by atoms with Gasteiger partial charge in [0, 0.05) is 12.0 Å². The van der Waals surface area contributed by atoms with Crippen molar-refractivity contribution in [2.24, 2.45) is 0 Å². The van der Waals surface area contributed by atoms with Crippen molar-refractivity contribution in [1.82, 2.24) is 5.32 Å². The molecule has 1 heterocycles. The summed E-state index contributed by atoms with van der Waals surface area (Å²) >= 11 is 1.72. The van der Waals surface area contributed by atoms with Crippen LogP contribution < -0.4 is 15.4 Å². The average molecular weight is 344 g/mol. The molecule has 2 aromatic rings. The Morgan fingerprint density at radius 1 is 1.25 bits per heavy atom. The number of nitrogens with one attached hydrogen (secondary N) is 2. The summed E-state index contributed by atoms with van der Waals surface area (Å²) in [5, 5.41) is 10.3. The van der Waals surface area contributed by atoms with Crippen LogP contribution >= 0.6 is 11.3 Å². The number of ether oxygens (including phenoxy) is 1. The van der Waals surface area contributed by atoms with Crippen LogP contribution in [0.25, 0.3) is 0 Å². The Balaban J connectivity index is 1.63. The second-order valence-corrected chi connectivity index (χ2v) is 7.02. The first-order valence-corrected chi connectivity index (χ1v) is 9.47. The van der Waals surface area contributed by atoms with Gasteiger partial charge in [0.1, 0.15) is 5.75 Å². The third-order valence-corrected chi connectivity index (χ3v) is 5.40. The summed E-state index contributed by atoms with van der Waals surface area (Å²) in [7, 11) is 0. The van der Waals surface area contributed by atoms with Crippen LogP contribution in [0.5, 0.6) is 5.75 Å². The van der Waals surface area contributed by atoms with E-state index >= 15 is 0 Å². The number of benzene rings is 1. The van der Waals surface area contributed by atoms with Gasteiger partial charge in [0.15, 0.2) is 0 Å². The summed E-state index contributed by atoms with van der Waals surface area (Å²) in [6, 6.07) is 9.53. The first-order chi connectivity index (χ1) is 11.7. The van der Waals surface area contributed by atoms with E-state index in [9.17, 15) is 4.79 Å². The number of amides is 2. The molecule has 0 saturated heterocycles. The van der Waals surface area contributed by atoms with Crippen LogP contribution in [-0.2, 0) is 5.41 Å². The minimum atomic E-state index is -0.177. The third-order valence-electron chi connectivity index (χ3n) is 4.72. The summed E-state index contributed by atoms with van der Waals surface area (Å²) in [6.45, 7) is 3.18. The number of rotatable bonds is 6. The van der Waals surface area contributed by atoms with Gasteiger partial charge in [-0.15, -0.1) is 0 Å². The molecule has 0 radical (unpaired) electrons. The van der Waals surface area contributed by atoms with Gasteiger partial charge in [0.05, 0.1) is 12.3 Å². The van der Waals surface area contributed by atoms with Crippen molar-refractivity contribution in [3.05, 3.63) is 46.7 Å². The number of thiophene rings is 1. The maximum atomic E-state index is 12.4. The highest BCUT2D eigenvalue weighted by Crippen LogP contribution is 2.41. The maximum Gasteiger partial charge on any atom is 0.319 e. The summed E-state index contributed by atoms with van der Waals surface area (Å²) in [4.78, 5) is 12.4. The lowest BCUT2D eigenvalue weighted by Crippen LogP contribution is -2.40. The lowest BCUT2D eigenvalue weighted by atomic mass is 9.80. The minimum absolute atomic E-state index is 0.0940. The van der Waals surface area contributed by atoms with Gasteiger partial charge in [0.25, 0.3) is 0 Å². The smallest absolute Gasteiger partial charge is 0.319 e. The Bertz CT molecular complexity index is 664. The van der Waals surface area contributed by atoms with Crippen LogP contribution in [0.2, 0.25) is 0 Å². The predicted molar refractivity (Wildman–Crippen MR) is 99.1 cm³/mol. The van der Waals surface area contributed by atoms with Crippen molar-refractivity contribution in [1.29, 1.82) is 0 Å². The zero-order valence-corrected chi connectivity index (χ0v) is 14.8. The van der Waals surface area contributed by atoms with E-state index in [-0.39, 0.29) is 11.4 Å². The standard InChI is InChI=1S/C19H24N2O2S/c1-2-23-17-8-4-3-7-16(17)21-18(22)20-14-19(10-5-6-11-19)15-9-12-24-13-15/h3-4,7-9,12-13H,2,5-6,10-11,14H2,1H3,(H2,20,21,22). The van der Waals surface area contributed by atoms with Gasteiger partial charge in [-0.2, -0.15) is 11.3 Å². The van der Waals surface area contributed by atoms with Gasteiger partial charge < -0.3 is 15.4 Å². The normalized spacial score (nSPS) is 15.9. The Hall–Kier alpha value is -2.01. The first-order valence-electron chi connectivity index (χ1n) is 8.53. The highest BCUT2D eigenvalue weighted by atomic mass is 32.1. The quantitative estimate of drug-likeness (QED) is 0.792. The number of hydrogen-bond acceptors (Lipinski definition) is 3. The van der Waals surface area contributed by atoms with Crippen LogP contribution in [0.4, 0.5) is 10.5 Å². The molecule has 4 nitrogen and oxygen atoms in total. The molecule has 0 atom stereocenters. The Labute approximate surface area is 147 Å². The molecule has 0 spiro atoms. The lowest BCUT2D eigenvalue weighted by molar-refractivity contribution is 0.248. The summed E-state index contributed by atoms with van der Waals surface area (Å²) in [5.41, 5.74) is 2.16. The van der Waals surface area contributed by atoms with E-state index < -0.39 is 0 Å². The molecule has 1 aliphatic carbocycles. The molecule has 1 aliphatic rings. The van der Waals surface area contributed by atoms with Crippen molar-refractivity contribution in [2.45, 2.75) is 38.0 Å². The fourth-order valence-electron chi connectivity index (χ4n) is 3.45. The number of carbonyl (C=O) groups is 1. The second kappa shape index (κ2) is 7.71. The highest BCUT2D eigenvalue weighted by molar-refractivity contribution is 7.08. The van der Waals surface area contributed by atoms with Gasteiger partial charge in [-0.25, -0.2) is 4.79 Å². The molecule has 2 N–H and O–H groups in total. The molecule has 0 unspecified atom stereocenters. The molecule has 1 fully saturated rings. The largest absolute Gasteiger partial charge is 0.492 e. The van der Waals surface area contributed by atoms with E-state index in [0.717, 1.165) is 12.8 Å². The molecule has 128 valence electrons. The zero-order valence-electron chi connectivity index (χ0n) is 14.0. The average Bonchev–Trinajstić information content (AvgIpc) is 3.27. The fraction of sp³-hybridized carbons (Fsp3) is 0.421. The number of urea groups is 1. The third kappa shape index (κ3) is 3.73. The van der Waals surface area contributed by atoms with Crippen LogP contribution in [0.1, 0.15) is 38.2 Å². The monoisotopic (exact) mass is 344 g/mol. The molecular formula is C19H24N2O2S. The van der Waals surface area contributed by atoms with E-state index in [0.29, 0.717) is 24.6 Å². The molecule has 3 rings (SSSR count). The Morgan fingerprint density at radius 2 is 2.04 bits per heavy atom. The first kappa shape index (κ1) is 16.8. The molecule has 2 amide bonds. The molecule has 1 saturated carbocycles. The molecular weight excluding hydrogens is 320 g/mol. The minimum Gasteiger partial charge on any atom is -0.492 e. The van der Waals surface area contributed by atoms with Crippen molar-refractivity contribution in [2.75, 3.05) is 18.5 Å². The highest BCUT2D eigenvalue weighted by Gasteiger charge is 2.36. The second-order valence-electron chi connectivity index (χ2n) is 6.24. The number of anilines is 1. The molecule has 24 heavy (non-hydrogen) atoms. The fourth-order valence-corrected chi connectivity index (χ4v) is 4.23. The molecule has 1 aromatic heterocycles. The SMILES string of the molecule is CCOc1ccccc1NC(=O)NCC1(c2ccsc2)CCCC1. The zero-order chi connectivity index (χ0) is 16.8. The van der Waals surface area contributed by atoms with Crippen LogP contribution in [0, 0.1) is 0 Å². The Morgan fingerprint density at radius 3 is 2.75 bits per heavy atom. The number of hydrogen-bond donors (Lipinski definition) is 2. The van der Waals surface area contributed by atoms with Gasteiger partial charge in [-0.05, 0) is 54.3 Å². The lowest BCUT2D eigenvalue weighted by Gasteiger charge is -2.28. The van der Waals surface area contributed by atoms with Crippen LogP contribution in [-0.4, -0.2) is 19.2 Å². The van der Waals surface area contributed by atoms with Crippen LogP contribution in [0.3, 0.4) is 0 Å². The molecule has 1 aromatic carbocycles. The van der Waals surface area contributed by atoms with Crippen LogP contribution in [0.15, 0.2) is 41.1 Å². The molecule has 0 aliphatic heterocycles. The number of para-hydroxylation sites is 2. The summed E-state index contributed by atoms with van der Waals surface area (Å²) < 4.78 is 5.55. The van der Waals surface area contributed by atoms with Gasteiger partial charge in [-0.3, -0.25) is 0 Å². The van der Waals surface area contributed by atoms with Crippen molar-refractivity contribution in [3.63, 3.8) is 0 Å². The topological polar surface area (TPSA) is 50.4 Å². The Kier molecular flexibility index (Phi) is 5.41. The van der Waals surface area contributed by atoms with E-state index in [1.54, 1.807) is 11.3 Å². The molecule has 0 bridgehead atoms. The van der Waals surface area contributed by atoms with Gasteiger partial charge in [0.2, 0.25) is 0 Å². The van der Waals surface area contributed by atoms with Crippen molar-refractivity contribution in [3.8, 4) is 5.75 Å². The number of carbonyl (C=O) groups excluding carboxylic acids is 1. The molecule has 5 heteroatoms. The van der Waals surface area contributed by atoms with Crippen molar-refractivity contribution >= 4 is 23.1 Å². The van der Waals surface area contributed by atoms with E-state index in [4.69, 9.17) is 4.74 Å². The summed E-state index contributed by atoms with van der Waals surface area (Å²) in [6.07, 6.45) is 4.73. The van der Waals surface area contributed by atoms with Gasteiger partial charge in [-0.1, -0.05) is 25.0 Å². The summed E-state index contributed by atoms with van der Waals surface area (Å²) in [5.74, 6) is 0.698. The van der Waals surface area contributed by atoms with Crippen molar-refractivity contribution < 1.29 is 9.53 Å². The maximum absolute atomic E-state index is 12.4.